The molecule has 0 N–H and O–H groups in total. The third kappa shape index (κ3) is 4.31. The van der Waals surface area contributed by atoms with Gasteiger partial charge in [-0.3, -0.25) is 0 Å². The minimum Gasteiger partial charge on any atom is -0.330 e. The Morgan fingerprint density at radius 2 is 1.75 bits per heavy atom. The van der Waals surface area contributed by atoms with Crippen LogP contribution in [0.5, 0.6) is 0 Å². The van der Waals surface area contributed by atoms with Crippen molar-refractivity contribution >= 4 is 10.0 Å². The summed E-state index contributed by atoms with van der Waals surface area (Å²) in [4.78, 5) is 4.36. The lowest BCUT2D eigenvalue weighted by Crippen LogP contribution is -2.46. The number of nitrogens with zero attached hydrogens (tertiary/aromatic N) is 3. The Kier molecular flexibility index (Phi) is 4.71. The minimum atomic E-state index is -3.23. The molecular weight excluding hydrogens is 274 g/mol. The Balaban J connectivity index is 2.93. The fourth-order valence-corrected chi connectivity index (χ4v) is 3.75. The lowest BCUT2D eigenvalue weighted by Gasteiger charge is -2.33. The van der Waals surface area contributed by atoms with E-state index in [1.54, 1.807) is 6.20 Å². The maximum atomic E-state index is 11.9. The minimum absolute atomic E-state index is 0.0521. The number of aromatic nitrogens is 2. The molecule has 0 aliphatic carbocycles. The van der Waals surface area contributed by atoms with Crippen molar-refractivity contribution in [2.45, 2.75) is 59.0 Å². The molecule has 6 heteroatoms. The molecule has 1 heterocycles. The van der Waals surface area contributed by atoms with E-state index in [0.29, 0.717) is 13.0 Å². The summed E-state index contributed by atoms with van der Waals surface area (Å²) in [6.07, 6.45) is 5.57. The largest absolute Gasteiger partial charge is 0.330 e. The van der Waals surface area contributed by atoms with Crippen LogP contribution in [-0.2, 0) is 22.0 Å². The second-order valence-corrected chi connectivity index (χ2v) is 9.05. The van der Waals surface area contributed by atoms with Crippen molar-refractivity contribution in [1.29, 1.82) is 0 Å². The van der Waals surface area contributed by atoms with Gasteiger partial charge in [0.15, 0.2) is 0 Å². The second-order valence-electron chi connectivity index (χ2n) is 7.14. The van der Waals surface area contributed by atoms with Crippen LogP contribution in [0.25, 0.3) is 0 Å². The predicted octanol–water partition coefficient (Wildman–Crippen LogP) is 2.24. The van der Waals surface area contributed by atoms with E-state index < -0.39 is 15.6 Å². The molecule has 0 amide bonds. The normalized spacial score (nSPS) is 14.0. The molecule has 0 unspecified atom stereocenters. The first-order chi connectivity index (χ1) is 8.83. The van der Waals surface area contributed by atoms with Crippen LogP contribution in [0.1, 0.15) is 47.4 Å². The Labute approximate surface area is 123 Å². The predicted molar refractivity (Wildman–Crippen MR) is 82.2 cm³/mol. The van der Waals surface area contributed by atoms with E-state index in [2.05, 4.69) is 30.3 Å². The van der Waals surface area contributed by atoms with Crippen LogP contribution in [0.2, 0.25) is 0 Å². The molecule has 0 aromatic carbocycles. The highest BCUT2D eigenvalue weighted by Gasteiger charge is 2.29. The molecule has 0 aliphatic rings. The summed E-state index contributed by atoms with van der Waals surface area (Å²) >= 11 is 0. The second kappa shape index (κ2) is 5.48. The summed E-state index contributed by atoms with van der Waals surface area (Å²) in [6.45, 7) is 12.5. The van der Waals surface area contributed by atoms with E-state index in [4.69, 9.17) is 0 Å². The monoisotopic (exact) mass is 301 g/mol. The van der Waals surface area contributed by atoms with E-state index in [0.717, 1.165) is 5.82 Å². The molecule has 0 radical (unpaired) electrons. The summed E-state index contributed by atoms with van der Waals surface area (Å²) in [5.74, 6) is 0.912. The first-order valence-corrected chi connectivity index (χ1v) is 8.69. The highest BCUT2D eigenvalue weighted by molar-refractivity contribution is 7.88. The van der Waals surface area contributed by atoms with Gasteiger partial charge in [0, 0.05) is 36.4 Å². The van der Waals surface area contributed by atoms with Gasteiger partial charge in [0.05, 0.1) is 6.26 Å². The molecule has 0 bridgehead atoms. The highest BCUT2D eigenvalue weighted by Crippen LogP contribution is 2.20. The molecule has 0 spiro atoms. The molecule has 0 saturated carbocycles. The Bertz CT molecular complexity index is 548. The van der Waals surface area contributed by atoms with Gasteiger partial charge in [-0.15, -0.1) is 0 Å². The zero-order valence-corrected chi connectivity index (χ0v) is 14.5. The smallest absolute Gasteiger partial charge is 0.211 e. The first-order valence-electron chi connectivity index (χ1n) is 6.84. The quantitative estimate of drug-likeness (QED) is 0.857. The van der Waals surface area contributed by atoms with Gasteiger partial charge >= 0.3 is 0 Å². The molecule has 1 aromatic rings. The van der Waals surface area contributed by atoms with Gasteiger partial charge in [0.25, 0.3) is 0 Å². The molecular formula is C14H27N3O2S. The third-order valence-corrected chi connectivity index (χ3v) is 4.66. The van der Waals surface area contributed by atoms with Crippen molar-refractivity contribution in [1.82, 2.24) is 13.9 Å². The van der Waals surface area contributed by atoms with Gasteiger partial charge in [0.1, 0.15) is 5.82 Å². The lowest BCUT2D eigenvalue weighted by atomic mass is 10.1. The van der Waals surface area contributed by atoms with Crippen molar-refractivity contribution < 1.29 is 8.42 Å². The highest BCUT2D eigenvalue weighted by atomic mass is 32.2. The van der Waals surface area contributed by atoms with Gasteiger partial charge in [-0.2, -0.15) is 4.31 Å². The number of hydrogen-bond acceptors (Lipinski definition) is 3. The van der Waals surface area contributed by atoms with Crippen LogP contribution >= 0.6 is 0 Å². The summed E-state index contributed by atoms with van der Waals surface area (Å²) < 4.78 is 27.5. The zero-order chi connectivity index (χ0) is 15.8. The van der Waals surface area contributed by atoms with Crippen LogP contribution < -0.4 is 0 Å². The lowest BCUT2D eigenvalue weighted by molar-refractivity contribution is 0.249. The van der Waals surface area contributed by atoms with E-state index in [1.807, 2.05) is 27.0 Å². The van der Waals surface area contributed by atoms with E-state index in [1.165, 1.54) is 10.6 Å². The average molecular weight is 301 g/mol. The number of imidazole rings is 1. The molecule has 0 aliphatic heterocycles. The van der Waals surface area contributed by atoms with Gasteiger partial charge < -0.3 is 4.57 Å². The topological polar surface area (TPSA) is 55.2 Å². The molecule has 0 saturated heterocycles. The van der Waals surface area contributed by atoms with Crippen LogP contribution in [0.4, 0.5) is 0 Å². The molecule has 5 nitrogen and oxygen atoms in total. The molecule has 20 heavy (non-hydrogen) atoms. The number of rotatable bonds is 4. The Hall–Kier alpha value is -0.880. The molecule has 1 rings (SSSR count). The van der Waals surface area contributed by atoms with E-state index in [9.17, 15) is 8.42 Å². The molecule has 0 fully saturated rings. The molecule has 116 valence electrons. The summed E-state index contributed by atoms with van der Waals surface area (Å²) in [5, 5.41) is 0. The third-order valence-electron chi connectivity index (χ3n) is 3.13. The zero-order valence-electron chi connectivity index (χ0n) is 13.6. The average Bonchev–Trinajstić information content (AvgIpc) is 2.60. The molecule has 1 aromatic heterocycles. The maximum Gasteiger partial charge on any atom is 0.211 e. The van der Waals surface area contributed by atoms with Gasteiger partial charge in [0.2, 0.25) is 10.0 Å². The summed E-state index contributed by atoms with van der Waals surface area (Å²) in [5.41, 5.74) is -0.476. The van der Waals surface area contributed by atoms with E-state index >= 15 is 0 Å². The summed E-state index contributed by atoms with van der Waals surface area (Å²) in [6, 6.07) is 0. The van der Waals surface area contributed by atoms with Crippen molar-refractivity contribution in [3.05, 3.63) is 18.2 Å². The SMILES string of the molecule is CC(C)(C)N(CCc1nccn1C(C)(C)C)S(C)(=O)=O. The fourth-order valence-electron chi connectivity index (χ4n) is 2.33. The van der Waals surface area contributed by atoms with Gasteiger partial charge in [-0.05, 0) is 41.5 Å². The van der Waals surface area contributed by atoms with Gasteiger partial charge in [-0.25, -0.2) is 13.4 Å². The number of sulfonamides is 1. The first kappa shape index (κ1) is 17.2. The standard InChI is InChI=1S/C14H27N3O2S/c1-13(2,3)16-11-9-15-12(16)8-10-17(14(4,5)6)20(7,18)19/h9,11H,8,10H2,1-7H3. The molecule has 0 atom stereocenters. The van der Waals surface area contributed by atoms with Crippen molar-refractivity contribution in [3.63, 3.8) is 0 Å². The number of hydrogen-bond donors (Lipinski definition) is 0. The van der Waals surface area contributed by atoms with Crippen LogP contribution in [0, 0.1) is 0 Å². The maximum absolute atomic E-state index is 11.9. The van der Waals surface area contributed by atoms with Crippen LogP contribution in [0.15, 0.2) is 12.4 Å². The van der Waals surface area contributed by atoms with Crippen LogP contribution in [0.3, 0.4) is 0 Å². The van der Waals surface area contributed by atoms with Gasteiger partial charge in [-0.1, -0.05) is 0 Å². The Morgan fingerprint density at radius 1 is 1.20 bits per heavy atom. The van der Waals surface area contributed by atoms with E-state index in [-0.39, 0.29) is 5.54 Å². The van der Waals surface area contributed by atoms with Crippen LogP contribution in [-0.4, -0.2) is 40.6 Å². The Morgan fingerprint density at radius 3 is 2.15 bits per heavy atom. The van der Waals surface area contributed by atoms with Crippen molar-refractivity contribution in [3.8, 4) is 0 Å². The fraction of sp³-hybridized carbons (Fsp3) is 0.786. The van der Waals surface area contributed by atoms with Crippen molar-refractivity contribution in [2.75, 3.05) is 12.8 Å². The summed E-state index contributed by atoms with van der Waals surface area (Å²) in [7, 11) is -3.23. The van der Waals surface area contributed by atoms with Crippen molar-refractivity contribution in [2.24, 2.45) is 0 Å².